The van der Waals surface area contributed by atoms with Gasteiger partial charge in [-0.1, -0.05) is 31.8 Å². The van der Waals surface area contributed by atoms with E-state index in [0.717, 1.165) is 36.9 Å². The average molecular weight is 417 g/mol. The van der Waals surface area contributed by atoms with Gasteiger partial charge in [-0.3, -0.25) is 4.79 Å². The molecule has 0 saturated heterocycles. The molecule has 0 aliphatic heterocycles. The molecule has 0 N–H and O–H groups in total. The predicted molar refractivity (Wildman–Crippen MR) is 114 cm³/mol. The third-order valence-corrected chi connectivity index (χ3v) is 5.46. The van der Waals surface area contributed by atoms with Crippen LogP contribution < -0.4 is 14.2 Å². The highest BCUT2D eigenvalue weighted by Crippen LogP contribution is 2.41. The summed E-state index contributed by atoms with van der Waals surface area (Å²) in [7, 11) is 4.72. The number of amides is 1. The Bertz CT molecular complexity index is 830. The van der Waals surface area contributed by atoms with E-state index in [9.17, 15) is 4.79 Å². The Kier molecular flexibility index (Phi) is 7.24. The fourth-order valence-electron chi connectivity index (χ4n) is 4.05. The zero-order valence-electron chi connectivity index (χ0n) is 18.6. The van der Waals surface area contributed by atoms with Gasteiger partial charge in [0.25, 0.3) is 0 Å². The van der Waals surface area contributed by atoms with Crippen molar-refractivity contribution in [1.82, 2.24) is 10.1 Å². The van der Waals surface area contributed by atoms with Gasteiger partial charge in [0.05, 0.1) is 27.9 Å². The molecule has 1 aromatic heterocycles. The van der Waals surface area contributed by atoms with Crippen LogP contribution in [0.4, 0.5) is 0 Å². The first-order valence-corrected chi connectivity index (χ1v) is 10.5. The number of nitrogens with zero attached hydrogens (tertiary/aromatic N) is 2. The van der Waals surface area contributed by atoms with E-state index in [-0.39, 0.29) is 11.8 Å². The molecule has 0 radical (unpaired) electrons. The molecule has 0 unspecified atom stereocenters. The van der Waals surface area contributed by atoms with Crippen molar-refractivity contribution in [2.45, 2.75) is 46.1 Å². The van der Waals surface area contributed by atoms with E-state index in [1.165, 1.54) is 0 Å². The molecule has 0 spiro atoms. The van der Waals surface area contributed by atoms with Crippen LogP contribution in [0.25, 0.3) is 11.3 Å². The van der Waals surface area contributed by atoms with Crippen molar-refractivity contribution in [2.75, 3.05) is 27.9 Å². The van der Waals surface area contributed by atoms with Crippen LogP contribution in [0.2, 0.25) is 0 Å². The summed E-state index contributed by atoms with van der Waals surface area (Å²) in [5.74, 6) is 2.96. The highest BCUT2D eigenvalue weighted by atomic mass is 16.5. The van der Waals surface area contributed by atoms with Crippen molar-refractivity contribution in [3.8, 4) is 28.6 Å². The molecule has 7 nitrogen and oxygen atoms in total. The molecule has 1 fully saturated rings. The summed E-state index contributed by atoms with van der Waals surface area (Å²) in [4.78, 5) is 14.9. The lowest BCUT2D eigenvalue weighted by Gasteiger charge is -2.26. The first kappa shape index (κ1) is 22.0. The first-order chi connectivity index (χ1) is 14.5. The van der Waals surface area contributed by atoms with Crippen LogP contribution in [-0.4, -0.2) is 43.8 Å². The number of aromatic nitrogens is 1. The summed E-state index contributed by atoms with van der Waals surface area (Å²) < 4.78 is 21.8. The fourth-order valence-corrected chi connectivity index (χ4v) is 4.05. The molecule has 30 heavy (non-hydrogen) atoms. The molecule has 0 atom stereocenters. The molecule has 1 amide bonds. The second-order valence-electron chi connectivity index (χ2n) is 8.19. The van der Waals surface area contributed by atoms with Gasteiger partial charge >= 0.3 is 0 Å². The van der Waals surface area contributed by atoms with E-state index in [2.05, 4.69) is 19.0 Å². The number of ether oxygens (including phenoxy) is 3. The Balaban J connectivity index is 1.83. The van der Waals surface area contributed by atoms with Crippen molar-refractivity contribution in [1.29, 1.82) is 0 Å². The standard InChI is InChI=1S/C23H32N2O5/c1-15(2)13-25(23(26)16-8-6-7-9-16)14-18-12-19(30-24-18)17-10-20(27-3)22(29-5)21(11-17)28-4/h10-12,15-16H,6-9,13-14H2,1-5H3. The van der Waals surface area contributed by atoms with E-state index in [4.69, 9.17) is 18.7 Å². The fraction of sp³-hybridized carbons (Fsp3) is 0.565. The molecule has 7 heteroatoms. The van der Waals surface area contributed by atoms with Crippen LogP contribution in [0.3, 0.4) is 0 Å². The lowest BCUT2D eigenvalue weighted by atomic mass is 10.1. The van der Waals surface area contributed by atoms with Crippen LogP contribution in [0.5, 0.6) is 17.2 Å². The summed E-state index contributed by atoms with van der Waals surface area (Å²) >= 11 is 0. The highest BCUT2D eigenvalue weighted by molar-refractivity contribution is 5.79. The zero-order valence-corrected chi connectivity index (χ0v) is 18.6. The number of hydrogen-bond donors (Lipinski definition) is 0. The number of methoxy groups -OCH3 is 3. The lowest BCUT2D eigenvalue weighted by molar-refractivity contribution is -0.136. The van der Waals surface area contributed by atoms with E-state index in [1.807, 2.05) is 23.1 Å². The Labute approximate surface area is 178 Å². The summed E-state index contributed by atoms with van der Waals surface area (Å²) in [6.07, 6.45) is 4.26. The third-order valence-electron chi connectivity index (χ3n) is 5.46. The Morgan fingerprint density at radius 1 is 1.10 bits per heavy atom. The maximum atomic E-state index is 13.0. The van der Waals surface area contributed by atoms with E-state index in [1.54, 1.807) is 21.3 Å². The molecule has 1 aliphatic rings. The van der Waals surface area contributed by atoms with Gasteiger partial charge in [0.1, 0.15) is 5.69 Å². The minimum Gasteiger partial charge on any atom is -0.493 e. The normalized spacial score (nSPS) is 14.2. The molecular formula is C23H32N2O5. The van der Waals surface area contributed by atoms with Crippen molar-refractivity contribution < 1.29 is 23.5 Å². The molecule has 1 aromatic carbocycles. The van der Waals surface area contributed by atoms with Crippen molar-refractivity contribution in [3.63, 3.8) is 0 Å². The van der Waals surface area contributed by atoms with Crippen molar-refractivity contribution in [2.24, 2.45) is 11.8 Å². The Morgan fingerprint density at radius 2 is 1.73 bits per heavy atom. The van der Waals surface area contributed by atoms with Crippen LogP contribution in [-0.2, 0) is 11.3 Å². The quantitative estimate of drug-likeness (QED) is 0.597. The van der Waals surface area contributed by atoms with Gasteiger partial charge in [-0.15, -0.1) is 0 Å². The van der Waals surface area contributed by atoms with Crippen LogP contribution in [0.1, 0.15) is 45.2 Å². The smallest absolute Gasteiger partial charge is 0.226 e. The maximum Gasteiger partial charge on any atom is 0.226 e. The van der Waals surface area contributed by atoms with E-state index in [0.29, 0.717) is 42.0 Å². The van der Waals surface area contributed by atoms with Gasteiger partial charge in [-0.2, -0.15) is 0 Å². The SMILES string of the molecule is COc1cc(-c2cc(CN(CC(C)C)C(=O)C3CCCC3)no2)cc(OC)c1OC. The monoisotopic (exact) mass is 416 g/mol. The summed E-state index contributed by atoms with van der Waals surface area (Å²) in [6, 6.07) is 5.51. The van der Waals surface area contributed by atoms with Gasteiger partial charge in [-0.25, -0.2) is 0 Å². The topological polar surface area (TPSA) is 74.0 Å². The van der Waals surface area contributed by atoms with E-state index < -0.39 is 0 Å². The summed E-state index contributed by atoms with van der Waals surface area (Å²) in [6.45, 7) is 5.40. The highest BCUT2D eigenvalue weighted by Gasteiger charge is 2.28. The second kappa shape index (κ2) is 9.87. The zero-order chi connectivity index (χ0) is 21.7. The number of carbonyl (C=O) groups is 1. The minimum atomic E-state index is 0.144. The second-order valence-corrected chi connectivity index (χ2v) is 8.19. The first-order valence-electron chi connectivity index (χ1n) is 10.5. The average Bonchev–Trinajstić information content (AvgIpc) is 3.43. The predicted octanol–water partition coefficient (Wildman–Crippen LogP) is 4.54. The lowest BCUT2D eigenvalue weighted by Crippen LogP contribution is -2.37. The van der Waals surface area contributed by atoms with Gasteiger partial charge in [-0.05, 0) is 30.9 Å². The van der Waals surface area contributed by atoms with Crippen molar-refractivity contribution >= 4 is 5.91 Å². The van der Waals surface area contributed by atoms with Gasteiger partial charge in [0.15, 0.2) is 17.3 Å². The largest absolute Gasteiger partial charge is 0.493 e. The molecule has 164 valence electrons. The number of hydrogen-bond acceptors (Lipinski definition) is 6. The molecule has 3 rings (SSSR count). The number of carbonyl (C=O) groups excluding carboxylic acids is 1. The number of rotatable bonds is 9. The van der Waals surface area contributed by atoms with Crippen LogP contribution in [0, 0.1) is 11.8 Å². The molecule has 2 aromatic rings. The molecule has 1 saturated carbocycles. The summed E-state index contributed by atoms with van der Waals surface area (Å²) in [5.41, 5.74) is 1.49. The maximum absolute atomic E-state index is 13.0. The molecular weight excluding hydrogens is 384 g/mol. The van der Waals surface area contributed by atoms with Gasteiger partial charge in [0, 0.05) is 24.1 Å². The van der Waals surface area contributed by atoms with Crippen molar-refractivity contribution in [3.05, 3.63) is 23.9 Å². The Morgan fingerprint density at radius 3 is 2.27 bits per heavy atom. The minimum absolute atomic E-state index is 0.144. The Hall–Kier alpha value is -2.70. The molecule has 1 aliphatic carbocycles. The van der Waals surface area contributed by atoms with Gasteiger partial charge < -0.3 is 23.6 Å². The third kappa shape index (κ3) is 4.89. The molecule has 0 bridgehead atoms. The van der Waals surface area contributed by atoms with Gasteiger partial charge in [0.2, 0.25) is 11.7 Å². The van der Waals surface area contributed by atoms with Crippen LogP contribution in [0.15, 0.2) is 22.7 Å². The number of benzene rings is 1. The molecule has 1 heterocycles. The van der Waals surface area contributed by atoms with E-state index >= 15 is 0 Å². The van der Waals surface area contributed by atoms with Crippen LogP contribution >= 0.6 is 0 Å². The summed E-state index contributed by atoms with van der Waals surface area (Å²) in [5, 5.41) is 4.22.